The van der Waals surface area contributed by atoms with Gasteiger partial charge in [0.25, 0.3) is 0 Å². The molecule has 11 heteroatoms. The van der Waals surface area contributed by atoms with Gasteiger partial charge in [0.15, 0.2) is 31.9 Å². The molecule has 0 saturated carbocycles. The molecule has 3 rings (SSSR count). The van der Waals surface area contributed by atoms with Crippen molar-refractivity contribution in [3.8, 4) is 0 Å². The Hall–Kier alpha value is -0.606. The van der Waals surface area contributed by atoms with Crippen molar-refractivity contribution in [1.29, 1.82) is 0 Å². The Labute approximate surface area is 213 Å². The van der Waals surface area contributed by atoms with E-state index in [9.17, 15) is 0 Å². The van der Waals surface area contributed by atoms with Crippen molar-refractivity contribution in [2.24, 2.45) is 0 Å². The number of fused-ring (bicyclic) bond motifs is 1. The van der Waals surface area contributed by atoms with Gasteiger partial charge in [0.2, 0.25) is 0 Å². The number of ether oxygens (including phenoxy) is 1. The van der Waals surface area contributed by atoms with E-state index in [0.29, 0.717) is 33.8 Å². The van der Waals surface area contributed by atoms with Crippen LogP contribution in [0.3, 0.4) is 0 Å². The Kier molecular flexibility index (Phi) is 7.46. The average molecular weight is 606 g/mol. The molecule has 0 amide bonds. The molecular weight excluding hydrogens is 565 g/mol. The third-order valence-corrected chi connectivity index (χ3v) is 17.1. The van der Waals surface area contributed by atoms with Gasteiger partial charge in [-0.25, -0.2) is 15.0 Å². The predicted molar refractivity (Wildman–Crippen MR) is 146 cm³/mol. The highest BCUT2D eigenvalue weighted by molar-refractivity contribution is 14.1. The predicted octanol–water partition coefficient (Wildman–Crippen LogP) is 5.71. The van der Waals surface area contributed by atoms with Gasteiger partial charge in [0.05, 0.1) is 19.0 Å². The van der Waals surface area contributed by atoms with Gasteiger partial charge in [-0.15, -0.1) is 0 Å². The zero-order valence-corrected chi connectivity index (χ0v) is 25.9. The molecule has 33 heavy (non-hydrogen) atoms. The third-order valence-electron chi connectivity index (χ3n) is 7.58. The quantitative estimate of drug-likeness (QED) is 0.256. The zero-order chi connectivity index (χ0) is 25.0. The molecule has 2 aromatic heterocycles. The largest absolute Gasteiger partial charge is 0.414 e. The van der Waals surface area contributed by atoms with Crippen LogP contribution < -0.4 is 5.73 Å². The van der Waals surface area contributed by atoms with Crippen LogP contribution in [0.25, 0.3) is 11.2 Å². The monoisotopic (exact) mass is 605 g/mol. The first-order chi connectivity index (χ1) is 14.9. The molecule has 8 nitrogen and oxygen atoms in total. The second kappa shape index (κ2) is 9.12. The van der Waals surface area contributed by atoms with Gasteiger partial charge in [-0.05, 0) is 36.3 Å². The summed E-state index contributed by atoms with van der Waals surface area (Å²) in [7, 11) is -3.93. The van der Waals surface area contributed by atoms with E-state index in [4.69, 9.17) is 19.3 Å². The number of aromatic nitrogens is 4. The van der Waals surface area contributed by atoms with Gasteiger partial charge >= 0.3 is 0 Å². The van der Waals surface area contributed by atoms with Gasteiger partial charge in [0.1, 0.15) is 17.8 Å². The second-order valence-corrected chi connectivity index (χ2v) is 22.6. The molecule has 2 N–H and O–H groups in total. The minimum absolute atomic E-state index is 0.0589. The van der Waals surface area contributed by atoms with E-state index >= 15 is 0 Å². The fraction of sp³-hybridized carbons (Fsp3) is 0.773. The molecule has 0 aromatic carbocycles. The van der Waals surface area contributed by atoms with Crippen molar-refractivity contribution in [2.45, 2.75) is 103 Å². The SMILES string of the molecule is CC(C)(C)[Si](C)(C)OC[C@H]1O[C@@H](n2cnc3c(N)nc(I)nc32)C[C@@H]1O[Si](C)(C)C(C)(C)C. The minimum atomic E-state index is -2.01. The highest BCUT2D eigenvalue weighted by Crippen LogP contribution is 2.43. The van der Waals surface area contributed by atoms with Crippen LogP contribution in [0.15, 0.2) is 6.33 Å². The van der Waals surface area contributed by atoms with E-state index in [1.807, 2.05) is 4.57 Å². The standard InChI is InChI=1S/C22H40IN5O3Si2/c1-21(2,3)32(7,8)29-12-15-14(31-33(9,10)22(4,5)6)11-16(30-15)28-13-25-17-18(24)26-20(23)27-19(17)28/h13-16H,11-12H2,1-10H3,(H2,24,26,27)/t14-,15+,16+/m0/s1. The smallest absolute Gasteiger partial charge is 0.194 e. The maximum Gasteiger partial charge on any atom is 0.194 e. The lowest BCUT2D eigenvalue weighted by Gasteiger charge is -2.40. The normalized spacial score (nSPS) is 22.9. The van der Waals surface area contributed by atoms with E-state index in [1.54, 1.807) is 6.33 Å². The summed E-state index contributed by atoms with van der Waals surface area (Å²) in [4.78, 5) is 13.3. The number of imidazole rings is 1. The highest BCUT2D eigenvalue weighted by atomic mass is 127. The van der Waals surface area contributed by atoms with Gasteiger partial charge < -0.3 is 19.3 Å². The molecular formula is C22H40IN5O3Si2. The molecule has 3 heterocycles. The Balaban J connectivity index is 1.90. The van der Waals surface area contributed by atoms with Crippen molar-refractivity contribution in [1.82, 2.24) is 19.5 Å². The van der Waals surface area contributed by atoms with Crippen molar-refractivity contribution >= 4 is 56.2 Å². The number of nitrogens with zero attached hydrogens (tertiary/aromatic N) is 4. The van der Waals surface area contributed by atoms with E-state index in [0.717, 1.165) is 0 Å². The van der Waals surface area contributed by atoms with Crippen LogP contribution >= 0.6 is 22.6 Å². The number of hydrogen-bond donors (Lipinski definition) is 1. The molecule has 0 aliphatic carbocycles. The van der Waals surface area contributed by atoms with Gasteiger partial charge in [0, 0.05) is 29.0 Å². The zero-order valence-electron chi connectivity index (χ0n) is 21.7. The van der Waals surface area contributed by atoms with Crippen LogP contribution in [0.5, 0.6) is 0 Å². The topological polar surface area (TPSA) is 97.3 Å². The first kappa shape index (κ1) is 27.0. The maximum absolute atomic E-state index is 6.87. The van der Waals surface area contributed by atoms with Crippen LogP contribution in [0.4, 0.5) is 5.82 Å². The molecule has 0 unspecified atom stereocenters. The fourth-order valence-corrected chi connectivity index (χ4v) is 6.19. The lowest BCUT2D eigenvalue weighted by molar-refractivity contribution is -0.0383. The Morgan fingerprint density at radius 2 is 1.70 bits per heavy atom. The molecule has 2 aromatic rings. The third kappa shape index (κ3) is 5.63. The number of halogens is 1. The molecule has 1 fully saturated rings. The van der Waals surface area contributed by atoms with Crippen LogP contribution in [0, 0.1) is 3.83 Å². The molecule has 1 aliphatic heterocycles. The number of rotatable bonds is 6. The summed E-state index contributed by atoms with van der Waals surface area (Å²) in [5, 5.41) is 0.238. The molecule has 0 bridgehead atoms. The van der Waals surface area contributed by atoms with Gasteiger partial charge in [-0.2, -0.15) is 0 Å². The summed E-state index contributed by atoms with van der Waals surface area (Å²) >= 11 is 2.08. The maximum atomic E-state index is 6.87. The molecule has 3 atom stereocenters. The lowest BCUT2D eigenvalue weighted by atomic mass is 10.2. The van der Waals surface area contributed by atoms with Crippen molar-refractivity contribution in [2.75, 3.05) is 12.3 Å². The molecule has 186 valence electrons. The summed E-state index contributed by atoms with van der Waals surface area (Å²) in [6.07, 6.45) is 1.99. The average Bonchev–Trinajstić information content (AvgIpc) is 3.21. The van der Waals surface area contributed by atoms with Crippen molar-refractivity contribution in [3.05, 3.63) is 10.2 Å². The number of anilines is 1. The molecule has 0 radical (unpaired) electrons. The van der Waals surface area contributed by atoms with Crippen molar-refractivity contribution in [3.63, 3.8) is 0 Å². The number of nitrogen functional groups attached to an aromatic ring is 1. The van der Waals surface area contributed by atoms with Gasteiger partial charge in [-0.3, -0.25) is 4.57 Å². The van der Waals surface area contributed by atoms with Crippen LogP contribution in [-0.4, -0.2) is 55.0 Å². The number of hydrogen-bond acceptors (Lipinski definition) is 7. The summed E-state index contributed by atoms with van der Waals surface area (Å²) in [5.41, 5.74) is 7.37. The Morgan fingerprint density at radius 3 is 2.27 bits per heavy atom. The fourth-order valence-electron chi connectivity index (χ4n) is 3.33. The Bertz CT molecular complexity index is 1000. The van der Waals surface area contributed by atoms with E-state index in [2.05, 4.69) is 105 Å². The van der Waals surface area contributed by atoms with Crippen LogP contribution in [0.1, 0.15) is 54.2 Å². The summed E-state index contributed by atoms with van der Waals surface area (Å²) in [6.45, 7) is 23.2. The summed E-state index contributed by atoms with van der Waals surface area (Å²) < 4.78 is 22.6. The van der Waals surface area contributed by atoms with E-state index in [1.165, 1.54) is 0 Å². The molecule has 1 aliphatic rings. The van der Waals surface area contributed by atoms with Crippen LogP contribution in [-0.2, 0) is 13.6 Å². The van der Waals surface area contributed by atoms with Crippen LogP contribution in [0.2, 0.25) is 36.3 Å². The van der Waals surface area contributed by atoms with E-state index < -0.39 is 16.6 Å². The van der Waals surface area contributed by atoms with Gasteiger partial charge in [-0.1, -0.05) is 41.5 Å². The van der Waals surface area contributed by atoms with Crippen molar-refractivity contribution < 1.29 is 13.6 Å². The van der Waals surface area contributed by atoms with E-state index in [-0.39, 0.29) is 28.5 Å². The highest BCUT2D eigenvalue weighted by Gasteiger charge is 2.46. The first-order valence-corrected chi connectivity index (χ1v) is 18.5. The minimum Gasteiger partial charge on any atom is -0.414 e. The summed E-state index contributed by atoms with van der Waals surface area (Å²) in [5.74, 6) is 0.382. The lowest BCUT2D eigenvalue weighted by Crippen LogP contribution is -2.48. The second-order valence-electron chi connectivity index (χ2n) is 12.1. The summed E-state index contributed by atoms with van der Waals surface area (Å²) in [6, 6.07) is 0. The number of nitrogens with two attached hydrogens (primary N) is 1. The first-order valence-electron chi connectivity index (χ1n) is 11.6. The molecule has 1 saturated heterocycles. The Morgan fingerprint density at radius 1 is 1.09 bits per heavy atom. The molecule has 0 spiro atoms.